The van der Waals surface area contributed by atoms with Gasteiger partial charge >= 0.3 is 0 Å². The van der Waals surface area contributed by atoms with E-state index in [1.807, 2.05) is 6.92 Å². The molecule has 1 saturated heterocycles. The summed E-state index contributed by atoms with van der Waals surface area (Å²) in [7, 11) is 0. The maximum absolute atomic E-state index is 12.5. The van der Waals surface area contributed by atoms with Crippen molar-refractivity contribution in [3.8, 4) is 11.5 Å². The van der Waals surface area contributed by atoms with Crippen molar-refractivity contribution in [3.63, 3.8) is 0 Å². The Morgan fingerprint density at radius 3 is 2.76 bits per heavy atom. The first kappa shape index (κ1) is 15.7. The molecule has 130 valence electrons. The minimum Gasteiger partial charge on any atom is -0.454 e. The van der Waals surface area contributed by atoms with Crippen molar-refractivity contribution in [1.29, 1.82) is 0 Å². The van der Waals surface area contributed by atoms with Crippen molar-refractivity contribution >= 4 is 17.5 Å². The van der Waals surface area contributed by atoms with Gasteiger partial charge in [-0.25, -0.2) is 9.97 Å². The number of fused-ring (bicyclic) bond motifs is 1. The van der Waals surface area contributed by atoms with Crippen molar-refractivity contribution in [2.75, 3.05) is 30.1 Å². The van der Waals surface area contributed by atoms with Gasteiger partial charge in [0.2, 0.25) is 12.7 Å². The third kappa shape index (κ3) is 3.22. The average molecular weight is 340 g/mol. The molecule has 2 aromatic rings. The number of hydrogen-bond acceptors (Lipinski definition) is 6. The first-order valence-corrected chi connectivity index (χ1v) is 8.50. The smallest absolute Gasteiger partial charge is 0.259 e. The fourth-order valence-electron chi connectivity index (χ4n) is 3.10. The monoisotopic (exact) mass is 340 g/mol. The zero-order valence-corrected chi connectivity index (χ0v) is 14.1. The molecule has 0 unspecified atom stereocenters. The second kappa shape index (κ2) is 6.58. The van der Waals surface area contributed by atoms with E-state index in [4.69, 9.17) is 9.47 Å². The first-order valence-electron chi connectivity index (χ1n) is 8.50. The van der Waals surface area contributed by atoms with Crippen LogP contribution in [0.15, 0.2) is 24.4 Å². The maximum Gasteiger partial charge on any atom is 0.259 e. The number of amides is 1. The molecule has 1 amide bonds. The van der Waals surface area contributed by atoms with E-state index >= 15 is 0 Å². The third-order valence-electron chi connectivity index (χ3n) is 4.48. The van der Waals surface area contributed by atoms with Crippen LogP contribution >= 0.6 is 0 Å². The van der Waals surface area contributed by atoms with Gasteiger partial charge in [0.1, 0.15) is 0 Å². The summed E-state index contributed by atoms with van der Waals surface area (Å²) in [4.78, 5) is 23.6. The minimum absolute atomic E-state index is 0.206. The molecule has 7 heteroatoms. The molecule has 1 aromatic carbocycles. The molecule has 4 rings (SSSR count). The molecule has 0 saturated carbocycles. The second-order valence-corrected chi connectivity index (χ2v) is 6.24. The number of ether oxygens (including phenoxy) is 2. The van der Waals surface area contributed by atoms with Crippen LogP contribution in [-0.2, 0) is 0 Å². The normalized spacial score (nSPS) is 16.0. The van der Waals surface area contributed by atoms with Gasteiger partial charge in [0, 0.05) is 31.0 Å². The van der Waals surface area contributed by atoms with Crippen LogP contribution in [0.3, 0.4) is 0 Å². The molecule has 25 heavy (non-hydrogen) atoms. The van der Waals surface area contributed by atoms with E-state index in [0.29, 0.717) is 34.4 Å². The van der Waals surface area contributed by atoms with Crippen LogP contribution < -0.4 is 19.7 Å². The second-order valence-electron chi connectivity index (χ2n) is 6.24. The van der Waals surface area contributed by atoms with E-state index in [0.717, 1.165) is 25.9 Å². The number of benzene rings is 1. The molecule has 1 fully saturated rings. The van der Waals surface area contributed by atoms with Crippen LogP contribution in [0.2, 0.25) is 0 Å². The summed E-state index contributed by atoms with van der Waals surface area (Å²) in [5.41, 5.74) is 1.79. The predicted octanol–water partition coefficient (Wildman–Crippen LogP) is 2.76. The predicted molar refractivity (Wildman–Crippen MR) is 93.4 cm³/mol. The summed E-state index contributed by atoms with van der Waals surface area (Å²) in [6.07, 6.45) is 5.18. The summed E-state index contributed by atoms with van der Waals surface area (Å²) in [6, 6.07) is 5.31. The number of rotatable bonds is 3. The van der Waals surface area contributed by atoms with Crippen LogP contribution in [0, 0.1) is 6.92 Å². The van der Waals surface area contributed by atoms with Crippen LogP contribution in [0.5, 0.6) is 11.5 Å². The number of carbonyl (C=O) groups is 1. The highest BCUT2D eigenvalue weighted by molar-refractivity contribution is 6.05. The van der Waals surface area contributed by atoms with Gasteiger partial charge in [-0.3, -0.25) is 4.79 Å². The molecule has 0 atom stereocenters. The van der Waals surface area contributed by atoms with Gasteiger partial charge < -0.3 is 19.7 Å². The Morgan fingerprint density at radius 1 is 1.16 bits per heavy atom. The van der Waals surface area contributed by atoms with Crippen LogP contribution in [-0.4, -0.2) is 35.8 Å². The summed E-state index contributed by atoms with van der Waals surface area (Å²) < 4.78 is 10.6. The van der Waals surface area contributed by atoms with Gasteiger partial charge in [-0.05, 0) is 38.3 Å². The third-order valence-corrected chi connectivity index (χ3v) is 4.48. The van der Waals surface area contributed by atoms with E-state index in [2.05, 4.69) is 20.2 Å². The van der Waals surface area contributed by atoms with Gasteiger partial charge in [0.05, 0.1) is 11.3 Å². The number of anilines is 2. The lowest BCUT2D eigenvalue weighted by Gasteiger charge is -2.26. The lowest BCUT2D eigenvalue weighted by molar-refractivity contribution is 0.102. The zero-order chi connectivity index (χ0) is 17.2. The standard InChI is InChI=1S/C18H20N4O3/c1-12-14(10-19-18(20-12)22-7-3-2-4-8-22)17(23)21-13-5-6-15-16(9-13)25-11-24-15/h5-6,9-10H,2-4,7-8,11H2,1H3,(H,21,23). The van der Waals surface area contributed by atoms with Crippen LogP contribution in [0.1, 0.15) is 35.3 Å². The van der Waals surface area contributed by atoms with Crippen molar-refractivity contribution in [2.24, 2.45) is 0 Å². The fourth-order valence-corrected chi connectivity index (χ4v) is 3.10. The molecule has 0 spiro atoms. The van der Waals surface area contributed by atoms with Crippen molar-refractivity contribution in [1.82, 2.24) is 9.97 Å². The Bertz CT molecular complexity index is 803. The number of nitrogens with zero attached hydrogens (tertiary/aromatic N) is 3. The quantitative estimate of drug-likeness (QED) is 0.926. The molecular weight excluding hydrogens is 320 g/mol. The summed E-state index contributed by atoms with van der Waals surface area (Å²) in [5, 5.41) is 2.86. The summed E-state index contributed by atoms with van der Waals surface area (Å²) in [5.74, 6) is 1.79. The maximum atomic E-state index is 12.5. The van der Waals surface area contributed by atoms with E-state index in [1.165, 1.54) is 6.42 Å². The first-order chi connectivity index (χ1) is 12.2. The van der Waals surface area contributed by atoms with Gasteiger partial charge in [-0.1, -0.05) is 0 Å². The van der Waals surface area contributed by atoms with E-state index < -0.39 is 0 Å². The summed E-state index contributed by atoms with van der Waals surface area (Å²) >= 11 is 0. The molecule has 0 bridgehead atoms. The summed E-state index contributed by atoms with van der Waals surface area (Å²) in [6.45, 7) is 3.99. The van der Waals surface area contributed by atoms with E-state index in [1.54, 1.807) is 24.4 Å². The molecule has 0 aliphatic carbocycles. The van der Waals surface area contributed by atoms with Crippen molar-refractivity contribution in [2.45, 2.75) is 26.2 Å². The highest BCUT2D eigenvalue weighted by atomic mass is 16.7. The number of nitrogens with one attached hydrogen (secondary N) is 1. The van der Waals surface area contributed by atoms with Gasteiger partial charge in [0.25, 0.3) is 5.91 Å². The molecule has 2 aliphatic rings. The Hall–Kier alpha value is -2.83. The topological polar surface area (TPSA) is 76.6 Å². The number of aromatic nitrogens is 2. The SMILES string of the molecule is Cc1nc(N2CCCCC2)ncc1C(=O)Nc1ccc2c(c1)OCO2. The molecule has 7 nitrogen and oxygen atoms in total. The van der Waals surface area contributed by atoms with Crippen molar-refractivity contribution < 1.29 is 14.3 Å². The molecule has 0 radical (unpaired) electrons. The molecular formula is C18H20N4O3. The molecule has 1 aromatic heterocycles. The van der Waals surface area contributed by atoms with Gasteiger partial charge in [-0.2, -0.15) is 0 Å². The Morgan fingerprint density at radius 2 is 1.96 bits per heavy atom. The Balaban J connectivity index is 1.50. The molecule has 3 heterocycles. The van der Waals surface area contributed by atoms with E-state index in [-0.39, 0.29) is 12.7 Å². The van der Waals surface area contributed by atoms with Crippen LogP contribution in [0.4, 0.5) is 11.6 Å². The highest BCUT2D eigenvalue weighted by Gasteiger charge is 2.18. The Kier molecular flexibility index (Phi) is 4.13. The molecule has 2 aliphatic heterocycles. The largest absolute Gasteiger partial charge is 0.454 e. The van der Waals surface area contributed by atoms with Crippen molar-refractivity contribution in [3.05, 3.63) is 35.7 Å². The fraction of sp³-hybridized carbons (Fsp3) is 0.389. The lowest BCUT2D eigenvalue weighted by atomic mass is 10.1. The highest BCUT2D eigenvalue weighted by Crippen LogP contribution is 2.34. The zero-order valence-electron chi connectivity index (χ0n) is 14.1. The Labute approximate surface area is 146 Å². The number of aryl methyl sites for hydroxylation is 1. The van der Waals surface area contributed by atoms with Gasteiger partial charge in [-0.15, -0.1) is 0 Å². The van der Waals surface area contributed by atoms with Crippen LogP contribution in [0.25, 0.3) is 0 Å². The minimum atomic E-state index is -0.235. The van der Waals surface area contributed by atoms with Gasteiger partial charge in [0.15, 0.2) is 11.5 Å². The lowest BCUT2D eigenvalue weighted by Crippen LogP contribution is -2.31. The number of carbonyl (C=O) groups excluding carboxylic acids is 1. The number of piperidine rings is 1. The average Bonchev–Trinajstić information content (AvgIpc) is 3.10. The number of hydrogen-bond donors (Lipinski definition) is 1. The molecule has 1 N–H and O–H groups in total. The van der Waals surface area contributed by atoms with E-state index in [9.17, 15) is 4.79 Å².